The summed E-state index contributed by atoms with van der Waals surface area (Å²) in [7, 11) is 0. The van der Waals surface area contributed by atoms with Gasteiger partial charge >= 0.3 is 0 Å². The molecule has 1 aromatic heterocycles. The topological polar surface area (TPSA) is 33.2 Å². The van der Waals surface area contributed by atoms with E-state index in [1.807, 2.05) is 44.7 Å². The number of amides is 1. The molecule has 0 aliphatic rings. The molecule has 0 saturated heterocycles. The third-order valence-corrected chi connectivity index (χ3v) is 3.02. The van der Waals surface area contributed by atoms with Crippen molar-refractivity contribution >= 4 is 21.8 Å². The number of halogens is 1. The van der Waals surface area contributed by atoms with Crippen molar-refractivity contribution in [2.75, 3.05) is 11.9 Å². The lowest BCUT2D eigenvalue weighted by atomic mass is 10.1. The standard InChI is InChI=1S/C13H19BrN2O/c1-9(2)16(8-7-14)13(17)12-6-5-10(3)15-11(12)4/h5-6,9H,7-8H2,1-4H3. The largest absolute Gasteiger partial charge is 0.335 e. The zero-order valence-electron chi connectivity index (χ0n) is 10.8. The first-order chi connectivity index (χ1) is 7.97. The summed E-state index contributed by atoms with van der Waals surface area (Å²) in [6, 6.07) is 3.94. The number of hydrogen-bond acceptors (Lipinski definition) is 2. The molecule has 0 radical (unpaired) electrons. The minimum Gasteiger partial charge on any atom is -0.335 e. The lowest BCUT2D eigenvalue weighted by Gasteiger charge is -2.26. The Hall–Kier alpha value is -0.900. The molecule has 0 aliphatic heterocycles. The molecule has 1 heterocycles. The molecule has 0 N–H and O–H groups in total. The van der Waals surface area contributed by atoms with Gasteiger partial charge in [0, 0.05) is 23.6 Å². The first kappa shape index (κ1) is 14.2. The SMILES string of the molecule is Cc1ccc(C(=O)N(CCBr)C(C)C)c(C)n1. The fraction of sp³-hybridized carbons (Fsp3) is 0.538. The van der Waals surface area contributed by atoms with E-state index >= 15 is 0 Å². The Labute approximate surface area is 111 Å². The van der Waals surface area contributed by atoms with Crippen LogP contribution in [0.2, 0.25) is 0 Å². The number of alkyl halides is 1. The molecule has 1 amide bonds. The highest BCUT2D eigenvalue weighted by Gasteiger charge is 2.20. The third-order valence-electron chi connectivity index (χ3n) is 2.67. The van der Waals surface area contributed by atoms with Gasteiger partial charge in [-0.1, -0.05) is 15.9 Å². The fourth-order valence-electron chi connectivity index (χ4n) is 1.75. The van der Waals surface area contributed by atoms with E-state index in [4.69, 9.17) is 0 Å². The number of rotatable bonds is 4. The summed E-state index contributed by atoms with van der Waals surface area (Å²) in [5.74, 6) is 0.0597. The smallest absolute Gasteiger partial charge is 0.255 e. The van der Waals surface area contributed by atoms with Gasteiger partial charge in [0.1, 0.15) is 0 Å². The van der Waals surface area contributed by atoms with E-state index in [1.165, 1.54) is 0 Å². The molecule has 0 saturated carbocycles. The number of pyridine rings is 1. The molecule has 0 fully saturated rings. The van der Waals surface area contributed by atoms with Crippen LogP contribution < -0.4 is 0 Å². The first-order valence-electron chi connectivity index (χ1n) is 5.78. The zero-order valence-corrected chi connectivity index (χ0v) is 12.4. The maximum absolute atomic E-state index is 12.4. The van der Waals surface area contributed by atoms with Gasteiger partial charge < -0.3 is 4.90 Å². The molecule has 0 aromatic carbocycles. The summed E-state index contributed by atoms with van der Waals surface area (Å²) in [5, 5.41) is 0.787. The van der Waals surface area contributed by atoms with Crippen molar-refractivity contribution in [3.63, 3.8) is 0 Å². The molecule has 17 heavy (non-hydrogen) atoms. The van der Waals surface area contributed by atoms with E-state index in [9.17, 15) is 4.79 Å². The minimum absolute atomic E-state index is 0.0597. The Balaban J connectivity index is 3.01. The van der Waals surface area contributed by atoms with Crippen LogP contribution >= 0.6 is 15.9 Å². The van der Waals surface area contributed by atoms with Crippen molar-refractivity contribution in [2.45, 2.75) is 33.7 Å². The fourth-order valence-corrected chi connectivity index (χ4v) is 2.13. The highest BCUT2D eigenvalue weighted by molar-refractivity contribution is 9.09. The third kappa shape index (κ3) is 3.53. The maximum Gasteiger partial charge on any atom is 0.255 e. The van der Waals surface area contributed by atoms with Gasteiger partial charge in [0.2, 0.25) is 0 Å². The Morgan fingerprint density at radius 3 is 2.53 bits per heavy atom. The van der Waals surface area contributed by atoms with Crippen LogP contribution in [-0.2, 0) is 0 Å². The lowest BCUT2D eigenvalue weighted by Crippen LogP contribution is -2.38. The van der Waals surface area contributed by atoms with Crippen molar-refractivity contribution in [1.29, 1.82) is 0 Å². The van der Waals surface area contributed by atoms with Crippen LogP contribution in [0.5, 0.6) is 0 Å². The maximum atomic E-state index is 12.4. The molecule has 0 bridgehead atoms. The molecule has 0 unspecified atom stereocenters. The Kier molecular flexibility index (Phi) is 5.12. The molecular formula is C13H19BrN2O. The molecule has 4 heteroatoms. The Bertz CT molecular complexity index is 404. The predicted octanol–water partition coefficient (Wildman–Crippen LogP) is 2.94. The van der Waals surface area contributed by atoms with Crippen LogP contribution in [0.1, 0.15) is 35.6 Å². The summed E-state index contributed by atoms with van der Waals surface area (Å²) in [5.41, 5.74) is 2.44. The number of hydrogen-bond donors (Lipinski definition) is 0. The molecular weight excluding hydrogens is 280 g/mol. The second kappa shape index (κ2) is 6.15. The summed E-state index contributed by atoms with van der Waals surface area (Å²) < 4.78 is 0. The monoisotopic (exact) mass is 298 g/mol. The number of aromatic nitrogens is 1. The number of carbonyl (C=O) groups is 1. The van der Waals surface area contributed by atoms with Gasteiger partial charge in [-0.15, -0.1) is 0 Å². The van der Waals surface area contributed by atoms with Crippen LogP contribution in [0.15, 0.2) is 12.1 Å². The molecule has 0 aliphatic carbocycles. The molecule has 94 valence electrons. The van der Waals surface area contributed by atoms with E-state index in [0.717, 1.165) is 16.7 Å². The molecule has 1 rings (SSSR count). The summed E-state index contributed by atoms with van der Waals surface area (Å²) >= 11 is 3.38. The van der Waals surface area contributed by atoms with Crippen molar-refractivity contribution in [3.8, 4) is 0 Å². The quantitative estimate of drug-likeness (QED) is 0.801. The summed E-state index contributed by atoms with van der Waals surface area (Å²) in [6.45, 7) is 8.58. The predicted molar refractivity (Wildman–Crippen MR) is 73.7 cm³/mol. The van der Waals surface area contributed by atoms with Crippen LogP contribution in [0.3, 0.4) is 0 Å². The lowest BCUT2D eigenvalue weighted by molar-refractivity contribution is 0.0718. The van der Waals surface area contributed by atoms with Crippen molar-refractivity contribution in [3.05, 3.63) is 29.1 Å². The normalized spacial score (nSPS) is 10.7. The van der Waals surface area contributed by atoms with Crippen LogP contribution in [0.4, 0.5) is 0 Å². The highest BCUT2D eigenvalue weighted by atomic mass is 79.9. The van der Waals surface area contributed by atoms with Gasteiger partial charge in [-0.05, 0) is 39.8 Å². The Morgan fingerprint density at radius 1 is 1.41 bits per heavy atom. The highest BCUT2D eigenvalue weighted by Crippen LogP contribution is 2.12. The van der Waals surface area contributed by atoms with Gasteiger partial charge in [-0.3, -0.25) is 9.78 Å². The van der Waals surface area contributed by atoms with Crippen LogP contribution in [0, 0.1) is 13.8 Å². The van der Waals surface area contributed by atoms with Gasteiger partial charge in [-0.2, -0.15) is 0 Å². The van der Waals surface area contributed by atoms with E-state index in [-0.39, 0.29) is 11.9 Å². The van der Waals surface area contributed by atoms with E-state index in [2.05, 4.69) is 20.9 Å². The van der Waals surface area contributed by atoms with Gasteiger partial charge in [0.25, 0.3) is 5.91 Å². The van der Waals surface area contributed by atoms with Crippen molar-refractivity contribution < 1.29 is 4.79 Å². The van der Waals surface area contributed by atoms with Crippen LogP contribution in [0.25, 0.3) is 0 Å². The second-order valence-electron chi connectivity index (χ2n) is 4.37. The number of nitrogens with zero attached hydrogens (tertiary/aromatic N) is 2. The van der Waals surface area contributed by atoms with Crippen molar-refractivity contribution in [1.82, 2.24) is 9.88 Å². The average molecular weight is 299 g/mol. The van der Waals surface area contributed by atoms with E-state index < -0.39 is 0 Å². The van der Waals surface area contributed by atoms with Crippen molar-refractivity contribution in [2.24, 2.45) is 0 Å². The molecule has 3 nitrogen and oxygen atoms in total. The molecule has 0 atom stereocenters. The number of carbonyl (C=O) groups excluding carboxylic acids is 1. The average Bonchev–Trinajstić information content (AvgIpc) is 2.24. The van der Waals surface area contributed by atoms with Gasteiger partial charge in [-0.25, -0.2) is 0 Å². The number of aryl methyl sites for hydroxylation is 2. The van der Waals surface area contributed by atoms with Gasteiger partial charge in [0.05, 0.1) is 11.3 Å². The van der Waals surface area contributed by atoms with E-state index in [0.29, 0.717) is 12.1 Å². The van der Waals surface area contributed by atoms with Gasteiger partial charge in [0.15, 0.2) is 0 Å². The molecule has 0 spiro atoms. The Morgan fingerprint density at radius 2 is 2.06 bits per heavy atom. The summed E-state index contributed by atoms with van der Waals surface area (Å²) in [4.78, 5) is 18.6. The van der Waals surface area contributed by atoms with E-state index in [1.54, 1.807) is 0 Å². The first-order valence-corrected chi connectivity index (χ1v) is 6.90. The second-order valence-corrected chi connectivity index (χ2v) is 5.16. The van der Waals surface area contributed by atoms with Crippen LogP contribution in [-0.4, -0.2) is 33.7 Å². The minimum atomic E-state index is 0.0597. The molecule has 1 aromatic rings. The summed E-state index contributed by atoms with van der Waals surface area (Å²) in [6.07, 6.45) is 0. The zero-order chi connectivity index (χ0) is 13.0.